The van der Waals surface area contributed by atoms with Crippen LogP contribution in [-0.4, -0.2) is 11.9 Å². The van der Waals surface area contributed by atoms with Gasteiger partial charge in [-0.15, -0.1) is 0 Å². The summed E-state index contributed by atoms with van der Waals surface area (Å²) in [6.45, 7) is 0. The Hall–Kier alpha value is -1.32. The molecule has 4 nitrogen and oxygen atoms in total. The van der Waals surface area contributed by atoms with Crippen LogP contribution in [0.1, 0.15) is 0 Å². The van der Waals surface area contributed by atoms with E-state index in [1.807, 2.05) is 0 Å². The second kappa shape index (κ2) is 1.65. The molecule has 8 heavy (non-hydrogen) atoms. The molecule has 2 N–H and O–H groups in total. The van der Waals surface area contributed by atoms with Gasteiger partial charge < -0.3 is 5.73 Å². The van der Waals surface area contributed by atoms with Crippen molar-refractivity contribution >= 4 is 11.9 Å². The topological polar surface area (TPSA) is 69.5 Å². The molecule has 0 saturated heterocycles. The molecular weight excluding hydrogens is 106 g/mol. The summed E-state index contributed by atoms with van der Waals surface area (Å²) in [5, 5.41) is 3.29. The highest BCUT2D eigenvalue weighted by Crippen LogP contribution is 1.85. The van der Waals surface area contributed by atoms with Gasteiger partial charge in [0, 0.05) is 6.20 Å². The molecule has 1 aliphatic rings. The number of amidine groups is 1. The predicted molar refractivity (Wildman–Crippen MR) is 28.3 cm³/mol. The molecule has 1 radical (unpaired) electrons. The van der Waals surface area contributed by atoms with Gasteiger partial charge >= 0.3 is 6.03 Å². The summed E-state index contributed by atoms with van der Waals surface area (Å²) < 4.78 is 0. The summed E-state index contributed by atoms with van der Waals surface area (Å²) in [4.78, 5) is 13.5. The first-order valence-corrected chi connectivity index (χ1v) is 2.04. The molecule has 0 fully saturated rings. The van der Waals surface area contributed by atoms with E-state index in [0.717, 1.165) is 0 Å². The van der Waals surface area contributed by atoms with Gasteiger partial charge in [0.2, 0.25) is 0 Å². The van der Waals surface area contributed by atoms with Crippen molar-refractivity contribution < 1.29 is 4.79 Å². The summed E-state index contributed by atoms with van der Waals surface area (Å²) in [5.41, 5.74) is 5.11. The Morgan fingerprint density at radius 1 is 1.62 bits per heavy atom. The van der Waals surface area contributed by atoms with Gasteiger partial charge in [-0.2, -0.15) is 10.3 Å². The van der Waals surface area contributed by atoms with Crippen molar-refractivity contribution in [3.8, 4) is 0 Å². The second-order valence-corrected chi connectivity index (χ2v) is 1.26. The van der Waals surface area contributed by atoms with E-state index >= 15 is 0 Å². The number of hydrogen-bond acceptors (Lipinski definition) is 2. The summed E-state index contributed by atoms with van der Waals surface area (Å²) in [6, 6.07) is -0.537. The van der Waals surface area contributed by atoms with Crippen LogP contribution in [0.4, 0.5) is 4.79 Å². The Morgan fingerprint density at radius 2 is 2.38 bits per heavy atom. The van der Waals surface area contributed by atoms with E-state index in [1.54, 1.807) is 0 Å². The maximum Gasteiger partial charge on any atom is 0.368 e. The van der Waals surface area contributed by atoms with Gasteiger partial charge in [-0.3, -0.25) is 0 Å². The lowest BCUT2D eigenvalue weighted by Gasteiger charge is -1.95. The number of nitrogens with zero attached hydrogens (tertiary/aromatic N) is 2. The van der Waals surface area contributed by atoms with Crippen LogP contribution in [0.2, 0.25) is 0 Å². The zero-order chi connectivity index (χ0) is 5.98. The highest BCUT2D eigenvalue weighted by molar-refractivity contribution is 6.01. The van der Waals surface area contributed by atoms with Crippen molar-refractivity contribution in [1.29, 1.82) is 0 Å². The standard InChI is InChI=1S/C4H4N3O/c5-3-1-2-6-4(8)7-3/h1-2H,(H2,5,7,8). The first-order valence-electron chi connectivity index (χ1n) is 2.04. The van der Waals surface area contributed by atoms with Crippen molar-refractivity contribution in [1.82, 2.24) is 5.32 Å². The molecule has 0 aromatic carbocycles. The Labute approximate surface area is 46.1 Å². The molecule has 0 atom stereocenters. The van der Waals surface area contributed by atoms with Crippen molar-refractivity contribution in [3.63, 3.8) is 0 Å². The molecule has 0 bridgehead atoms. The van der Waals surface area contributed by atoms with Crippen molar-refractivity contribution in [2.75, 3.05) is 0 Å². The third-order valence-corrected chi connectivity index (χ3v) is 0.655. The molecule has 0 unspecified atom stereocenters. The van der Waals surface area contributed by atoms with E-state index in [-0.39, 0.29) is 5.84 Å². The van der Waals surface area contributed by atoms with Crippen molar-refractivity contribution in [2.24, 2.45) is 10.7 Å². The number of hydrogen-bond donors (Lipinski definition) is 1. The van der Waals surface area contributed by atoms with E-state index < -0.39 is 6.03 Å². The smallest absolute Gasteiger partial charge is 0.368 e. The van der Waals surface area contributed by atoms with Crippen LogP contribution in [0, 0.1) is 0 Å². The van der Waals surface area contributed by atoms with Gasteiger partial charge in [0.05, 0.1) is 0 Å². The summed E-state index contributed by atoms with van der Waals surface area (Å²) in [7, 11) is 0. The molecular formula is C4H4N3O. The highest BCUT2D eigenvalue weighted by Gasteiger charge is 2.00. The second-order valence-electron chi connectivity index (χ2n) is 1.26. The lowest BCUT2D eigenvalue weighted by molar-refractivity contribution is 0.251. The number of urea groups is 1. The van der Waals surface area contributed by atoms with Crippen LogP contribution >= 0.6 is 0 Å². The van der Waals surface area contributed by atoms with Crippen LogP contribution in [0.25, 0.3) is 0 Å². The summed E-state index contributed by atoms with van der Waals surface area (Å²) >= 11 is 0. The van der Waals surface area contributed by atoms with E-state index in [2.05, 4.69) is 10.3 Å². The normalized spacial score (nSPS) is 17.5. The van der Waals surface area contributed by atoms with Gasteiger partial charge in [0.15, 0.2) is 0 Å². The van der Waals surface area contributed by atoms with Gasteiger partial charge in [-0.1, -0.05) is 0 Å². The molecule has 1 aliphatic heterocycles. The first-order chi connectivity index (χ1) is 3.79. The van der Waals surface area contributed by atoms with E-state index in [9.17, 15) is 4.79 Å². The molecule has 1 rings (SSSR count). The molecule has 0 aromatic heterocycles. The maximum absolute atomic E-state index is 10.2. The zero-order valence-electron chi connectivity index (χ0n) is 4.03. The molecule has 2 amide bonds. The van der Waals surface area contributed by atoms with E-state index in [4.69, 9.17) is 5.73 Å². The number of carbonyl (C=O) groups is 1. The fourth-order valence-electron chi connectivity index (χ4n) is 0.354. The average Bonchev–Trinajstić information content (AvgIpc) is 1.64. The minimum atomic E-state index is -0.537. The van der Waals surface area contributed by atoms with Gasteiger partial charge in [-0.25, -0.2) is 4.79 Å². The lowest BCUT2D eigenvalue weighted by atomic mass is 10.5. The van der Waals surface area contributed by atoms with Crippen LogP contribution in [0.3, 0.4) is 0 Å². The molecule has 1 heterocycles. The first kappa shape index (κ1) is 4.83. The fraction of sp³-hybridized carbons (Fsp3) is 0. The Balaban J connectivity index is 2.77. The summed E-state index contributed by atoms with van der Waals surface area (Å²) in [5.74, 6) is 0.213. The number of aliphatic imine (C=N–C) groups is 1. The highest BCUT2D eigenvalue weighted by atomic mass is 16.2. The molecule has 0 aliphatic carbocycles. The van der Waals surface area contributed by atoms with E-state index in [0.29, 0.717) is 0 Å². The van der Waals surface area contributed by atoms with Gasteiger partial charge in [-0.05, 0) is 6.08 Å². The van der Waals surface area contributed by atoms with Gasteiger partial charge in [0.1, 0.15) is 5.84 Å². The minimum absolute atomic E-state index is 0.213. The van der Waals surface area contributed by atoms with Crippen LogP contribution in [-0.2, 0) is 0 Å². The monoisotopic (exact) mass is 110 g/mol. The molecule has 0 saturated carbocycles. The molecule has 0 spiro atoms. The minimum Gasteiger partial charge on any atom is -0.383 e. The number of carbonyl (C=O) groups excluding carboxylic acids is 1. The Kier molecular flexibility index (Phi) is 0.997. The number of rotatable bonds is 0. The SMILES string of the molecule is NC1=NC(=O)[N]C=C1. The molecule has 4 heteroatoms. The van der Waals surface area contributed by atoms with Crippen molar-refractivity contribution in [2.45, 2.75) is 0 Å². The third kappa shape index (κ3) is 0.841. The van der Waals surface area contributed by atoms with Crippen molar-refractivity contribution in [3.05, 3.63) is 12.3 Å². The summed E-state index contributed by atoms with van der Waals surface area (Å²) in [6.07, 6.45) is 2.78. The molecule has 41 valence electrons. The Bertz CT molecular complexity index is 170. The van der Waals surface area contributed by atoms with Crippen LogP contribution in [0.15, 0.2) is 17.3 Å². The molecule has 0 aromatic rings. The largest absolute Gasteiger partial charge is 0.383 e. The zero-order valence-corrected chi connectivity index (χ0v) is 4.03. The number of amides is 2. The Morgan fingerprint density at radius 3 is 2.75 bits per heavy atom. The van der Waals surface area contributed by atoms with Crippen LogP contribution in [0.5, 0.6) is 0 Å². The van der Waals surface area contributed by atoms with Crippen LogP contribution < -0.4 is 11.1 Å². The number of nitrogens with two attached hydrogens (primary N) is 1. The maximum atomic E-state index is 10.2. The fourth-order valence-corrected chi connectivity index (χ4v) is 0.354. The lowest BCUT2D eigenvalue weighted by Crippen LogP contribution is -2.18. The quantitative estimate of drug-likeness (QED) is 0.460. The third-order valence-electron chi connectivity index (χ3n) is 0.655. The van der Waals surface area contributed by atoms with E-state index in [1.165, 1.54) is 12.3 Å². The van der Waals surface area contributed by atoms with Gasteiger partial charge in [0.25, 0.3) is 0 Å². The average molecular weight is 110 g/mol. The predicted octanol–water partition coefficient (Wildman–Crippen LogP) is -0.405.